The van der Waals surface area contributed by atoms with E-state index in [1.807, 2.05) is 11.0 Å². The SMILES string of the molecule is Cc1c(C(C)Nc2nnc(C)c3ncc(N4CC(C)(O)C4)cc23)cccc1C(F)(F)F. The molecule has 1 fully saturated rings. The minimum atomic E-state index is -4.41. The lowest BCUT2D eigenvalue weighted by Gasteiger charge is -2.45. The fourth-order valence-electron chi connectivity index (χ4n) is 4.10. The van der Waals surface area contributed by atoms with E-state index in [1.165, 1.54) is 13.0 Å². The van der Waals surface area contributed by atoms with Gasteiger partial charge in [-0.3, -0.25) is 4.98 Å². The summed E-state index contributed by atoms with van der Waals surface area (Å²) in [6.45, 7) is 7.85. The summed E-state index contributed by atoms with van der Waals surface area (Å²) in [5, 5.41) is 22.4. The van der Waals surface area contributed by atoms with E-state index in [9.17, 15) is 18.3 Å². The number of aromatic nitrogens is 3. The number of β-amino-alcohol motifs (C(OH)–C–C–N with tert-alkyl or cyclic N) is 1. The second kappa shape index (κ2) is 7.33. The number of halogens is 3. The zero-order valence-electron chi connectivity index (χ0n) is 17.7. The minimum absolute atomic E-state index is 0.181. The highest BCUT2D eigenvalue weighted by Crippen LogP contribution is 2.36. The Morgan fingerprint density at radius 3 is 2.55 bits per heavy atom. The Balaban J connectivity index is 1.69. The molecule has 9 heteroatoms. The molecule has 3 aromatic rings. The molecule has 2 N–H and O–H groups in total. The molecule has 1 unspecified atom stereocenters. The zero-order valence-corrected chi connectivity index (χ0v) is 17.7. The van der Waals surface area contributed by atoms with Crippen molar-refractivity contribution in [2.45, 2.75) is 45.5 Å². The maximum Gasteiger partial charge on any atom is 0.416 e. The summed E-state index contributed by atoms with van der Waals surface area (Å²) >= 11 is 0. The van der Waals surface area contributed by atoms with Gasteiger partial charge in [0.25, 0.3) is 0 Å². The van der Waals surface area contributed by atoms with E-state index < -0.39 is 23.4 Å². The molecule has 0 bridgehead atoms. The lowest BCUT2D eigenvalue weighted by atomic mass is 9.96. The molecule has 1 aliphatic rings. The molecule has 1 saturated heterocycles. The summed E-state index contributed by atoms with van der Waals surface area (Å²) in [5.74, 6) is 0.451. The third kappa shape index (κ3) is 4.01. The summed E-state index contributed by atoms with van der Waals surface area (Å²) in [4.78, 5) is 6.53. The van der Waals surface area contributed by atoms with E-state index >= 15 is 0 Å². The Morgan fingerprint density at radius 2 is 1.90 bits per heavy atom. The first-order chi connectivity index (χ1) is 14.5. The van der Waals surface area contributed by atoms with Crippen molar-refractivity contribution in [3.05, 3.63) is 52.8 Å². The van der Waals surface area contributed by atoms with Crippen LogP contribution in [-0.4, -0.2) is 39.0 Å². The molecule has 1 aromatic carbocycles. The molecule has 0 aliphatic carbocycles. The molecule has 0 radical (unpaired) electrons. The molecule has 2 aromatic heterocycles. The van der Waals surface area contributed by atoms with Gasteiger partial charge in [-0.2, -0.15) is 18.3 Å². The van der Waals surface area contributed by atoms with Crippen LogP contribution < -0.4 is 10.2 Å². The summed E-state index contributed by atoms with van der Waals surface area (Å²) in [7, 11) is 0. The Kier molecular flexibility index (Phi) is 5.04. The molecule has 164 valence electrons. The quantitative estimate of drug-likeness (QED) is 0.638. The van der Waals surface area contributed by atoms with Crippen molar-refractivity contribution in [2.24, 2.45) is 0 Å². The molecule has 1 aliphatic heterocycles. The number of aryl methyl sites for hydroxylation is 1. The van der Waals surface area contributed by atoms with Crippen molar-refractivity contribution < 1.29 is 18.3 Å². The van der Waals surface area contributed by atoms with Gasteiger partial charge in [-0.05, 0) is 51.0 Å². The van der Waals surface area contributed by atoms with Gasteiger partial charge in [-0.25, -0.2) is 0 Å². The van der Waals surface area contributed by atoms with Crippen LogP contribution >= 0.6 is 0 Å². The lowest BCUT2D eigenvalue weighted by Crippen LogP contribution is -2.60. The van der Waals surface area contributed by atoms with Crippen LogP contribution in [0.1, 0.15) is 42.3 Å². The molecule has 0 saturated carbocycles. The number of fused-ring (bicyclic) bond motifs is 1. The second-order valence-electron chi connectivity index (χ2n) is 8.46. The van der Waals surface area contributed by atoms with E-state index in [1.54, 1.807) is 33.0 Å². The predicted octanol–water partition coefficient (Wildman–Crippen LogP) is 4.40. The second-order valence-corrected chi connectivity index (χ2v) is 8.46. The third-order valence-corrected chi connectivity index (χ3v) is 5.70. The average Bonchev–Trinajstić information content (AvgIpc) is 2.67. The molecule has 6 nitrogen and oxygen atoms in total. The number of hydrogen-bond acceptors (Lipinski definition) is 6. The van der Waals surface area contributed by atoms with Gasteiger partial charge in [0, 0.05) is 18.5 Å². The van der Waals surface area contributed by atoms with Crippen LogP contribution in [-0.2, 0) is 6.18 Å². The van der Waals surface area contributed by atoms with Gasteiger partial charge in [0.1, 0.15) is 0 Å². The van der Waals surface area contributed by atoms with Crippen molar-refractivity contribution in [3.8, 4) is 0 Å². The van der Waals surface area contributed by atoms with Crippen LogP contribution in [0.2, 0.25) is 0 Å². The van der Waals surface area contributed by atoms with Crippen LogP contribution in [0.25, 0.3) is 10.9 Å². The number of nitrogens with one attached hydrogen (secondary N) is 1. The normalized spacial score (nSPS) is 16.8. The van der Waals surface area contributed by atoms with E-state index in [0.717, 1.165) is 17.1 Å². The molecule has 3 heterocycles. The number of nitrogens with zero attached hydrogens (tertiary/aromatic N) is 4. The topological polar surface area (TPSA) is 74.2 Å². The van der Waals surface area contributed by atoms with Crippen LogP contribution in [0.15, 0.2) is 30.5 Å². The molecule has 0 spiro atoms. The number of anilines is 2. The van der Waals surface area contributed by atoms with Crippen LogP contribution in [0.4, 0.5) is 24.7 Å². The monoisotopic (exact) mass is 431 g/mol. The highest BCUT2D eigenvalue weighted by atomic mass is 19.4. The lowest BCUT2D eigenvalue weighted by molar-refractivity contribution is -0.138. The number of benzene rings is 1. The Morgan fingerprint density at radius 1 is 1.19 bits per heavy atom. The van der Waals surface area contributed by atoms with Gasteiger partial charge < -0.3 is 15.3 Å². The van der Waals surface area contributed by atoms with Crippen molar-refractivity contribution in [1.82, 2.24) is 15.2 Å². The summed E-state index contributed by atoms with van der Waals surface area (Å²) in [6, 6.07) is 5.67. The Bertz CT molecular complexity index is 1140. The smallest absolute Gasteiger partial charge is 0.386 e. The summed E-state index contributed by atoms with van der Waals surface area (Å²) in [6.07, 6.45) is -2.68. The van der Waals surface area contributed by atoms with Gasteiger partial charge >= 0.3 is 6.18 Å². The highest BCUT2D eigenvalue weighted by Gasteiger charge is 2.37. The standard InChI is InChI=1S/C22H24F3N5O/c1-12-16(6-5-7-18(12)22(23,24)25)13(2)27-20-17-8-15(30-10-21(4,31)11-30)9-26-19(17)14(3)28-29-20/h5-9,13,31H,10-11H2,1-4H3,(H,27,29). The number of rotatable bonds is 4. The van der Waals surface area contributed by atoms with Crippen molar-refractivity contribution in [2.75, 3.05) is 23.3 Å². The largest absolute Gasteiger partial charge is 0.416 e. The molecule has 0 amide bonds. The number of hydrogen-bond donors (Lipinski definition) is 2. The van der Waals surface area contributed by atoms with E-state index in [-0.39, 0.29) is 5.56 Å². The molecule has 4 rings (SSSR count). The van der Waals surface area contributed by atoms with Gasteiger partial charge in [0.05, 0.1) is 40.3 Å². The van der Waals surface area contributed by atoms with Crippen LogP contribution in [0.3, 0.4) is 0 Å². The predicted molar refractivity (Wildman–Crippen MR) is 113 cm³/mol. The van der Waals surface area contributed by atoms with Crippen molar-refractivity contribution in [1.29, 1.82) is 0 Å². The van der Waals surface area contributed by atoms with Gasteiger partial charge in [-0.15, -0.1) is 5.10 Å². The molecule has 31 heavy (non-hydrogen) atoms. The fraction of sp³-hybridized carbons (Fsp3) is 0.409. The first kappa shape index (κ1) is 21.3. The van der Waals surface area contributed by atoms with Gasteiger partial charge in [0.2, 0.25) is 0 Å². The third-order valence-electron chi connectivity index (χ3n) is 5.70. The molecule has 1 atom stereocenters. The number of aliphatic hydroxyl groups is 1. The molecular weight excluding hydrogens is 407 g/mol. The summed E-state index contributed by atoms with van der Waals surface area (Å²) < 4.78 is 39.9. The maximum absolute atomic E-state index is 13.3. The zero-order chi connectivity index (χ0) is 22.6. The first-order valence-corrected chi connectivity index (χ1v) is 10.00. The van der Waals surface area contributed by atoms with E-state index in [0.29, 0.717) is 35.7 Å². The summed E-state index contributed by atoms with van der Waals surface area (Å²) in [5.41, 5.74) is 1.52. The van der Waals surface area contributed by atoms with Gasteiger partial charge in [0.15, 0.2) is 5.82 Å². The average molecular weight is 431 g/mol. The van der Waals surface area contributed by atoms with Crippen molar-refractivity contribution >= 4 is 22.4 Å². The Labute approximate surface area is 178 Å². The van der Waals surface area contributed by atoms with Crippen molar-refractivity contribution in [3.63, 3.8) is 0 Å². The van der Waals surface area contributed by atoms with Crippen LogP contribution in [0, 0.1) is 13.8 Å². The Hall–Kier alpha value is -2.94. The highest BCUT2D eigenvalue weighted by molar-refractivity contribution is 5.92. The fourth-order valence-corrected chi connectivity index (χ4v) is 4.10. The number of pyridine rings is 1. The minimum Gasteiger partial charge on any atom is -0.386 e. The van der Waals surface area contributed by atoms with E-state index in [2.05, 4.69) is 20.5 Å². The van der Waals surface area contributed by atoms with Crippen LogP contribution in [0.5, 0.6) is 0 Å². The first-order valence-electron chi connectivity index (χ1n) is 10.00. The number of alkyl halides is 3. The van der Waals surface area contributed by atoms with E-state index in [4.69, 9.17) is 0 Å². The van der Waals surface area contributed by atoms with Gasteiger partial charge in [-0.1, -0.05) is 12.1 Å². The maximum atomic E-state index is 13.3. The molecular formula is C22H24F3N5O.